The first-order chi connectivity index (χ1) is 15.0. The number of ether oxygens (including phenoxy) is 3. The molecule has 0 N–H and O–H groups in total. The number of benzene rings is 2. The molecule has 0 aliphatic carbocycles. The Morgan fingerprint density at radius 1 is 1.06 bits per heavy atom. The summed E-state index contributed by atoms with van der Waals surface area (Å²) in [5, 5.41) is 0. The second-order valence-electron chi connectivity index (χ2n) is 7.52. The fourth-order valence-corrected chi connectivity index (χ4v) is 4.68. The number of carbonyl (C=O) groups is 2. The van der Waals surface area contributed by atoms with Gasteiger partial charge < -0.3 is 19.1 Å². The summed E-state index contributed by atoms with van der Waals surface area (Å²) >= 11 is 1.58. The predicted molar refractivity (Wildman–Crippen MR) is 122 cm³/mol. The number of carbonyl (C=O) groups excluding carboxylic acids is 2. The Balaban J connectivity index is 1.77. The zero-order chi connectivity index (χ0) is 22.4. The number of esters is 1. The van der Waals surface area contributed by atoms with Crippen LogP contribution in [-0.4, -0.2) is 50.4 Å². The van der Waals surface area contributed by atoms with Crippen molar-refractivity contribution < 1.29 is 23.8 Å². The zero-order valence-electron chi connectivity index (χ0n) is 18.5. The number of nitrogens with zero attached hydrogens (tertiary/aromatic N) is 1. The molecule has 0 bridgehead atoms. The molecule has 7 heteroatoms. The molecule has 0 spiro atoms. The summed E-state index contributed by atoms with van der Waals surface area (Å²) < 4.78 is 15.8. The first-order valence-corrected chi connectivity index (χ1v) is 11.4. The van der Waals surface area contributed by atoms with Crippen LogP contribution in [0.2, 0.25) is 0 Å². The van der Waals surface area contributed by atoms with E-state index in [-0.39, 0.29) is 24.3 Å². The largest absolute Gasteiger partial charge is 0.493 e. The van der Waals surface area contributed by atoms with Crippen LogP contribution in [0.4, 0.5) is 0 Å². The fraction of sp³-hybridized carbons (Fsp3) is 0.417. The average Bonchev–Trinajstić information content (AvgIpc) is 2.79. The van der Waals surface area contributed by atoms with Crippen molar-refractivity contribution >= 4 is 23.6 Å². The maximum absolute atomic E-state index is 13.1. The van der Waals surface area contributed by atoms with Crippen molar-refractivity contribution in [1.29, 1.82) is 0 Å². The normalized spacial score (nSPS) is 15.2. The molecule has 6 nitrogen and oxygen atoms in total. The van der Waals surface area contributed by atoms with Crippen LogP contribution < -0.4 is 9.47 Å². The minimum Gasteiger partial charge on any atom is -0.493 e. The summed E-state index contributed by atoms with van der Waals surface area (Å²) in [6, 6.07) is 11.8. The second-order valence-corrected chi connectivity index (χ2v) is 8.50. The molecule has 1 aliphatic rings. The van der Waals surface area contributed by atoms with Crippen molar-refractivity contribution in [3.8, 4) is 11.5 Å². The van der Waals surface area contributed by atoms with Crippen LogP contribution in [0.5, 0.6) is 11.5 Å². The van der Waals surface area contributed by atoms with Crippen LogP contribution in [0.25, 0.3) is 0 Å². The highest BCUT2D eigenvalue weighted by atomic mass is 32.2. The van der Waals surface area contributed by atoms with E-state index < -0.39 is 0 Å². The van der Waals surface area contributed by atoms with E-state index in [1.165, 1.54) is 18.2 Å². The molecule has 1 atom stereocenters. The second kappa shape index (κ2) is 10.6. The SMILES string of the molecule is COC(=O)CC1c2cc(OC)c(OC)cc2CCN1C(=O)CSCc1ccc(C)cc1. The van der Waals surface area contributed by atoms with Gasteiger partial charge in [-0.25, -0.2) is 0 Å². The summed E-state index contributed by atoms with van der Waals surface area (Å²) in [5.74, 6) is 2.02. The molecule has 2 aromatic rings. The van der Waals surface area contributed by atoms with Crippen LogP contribution in [0.3, 0.4) is 0 Å². The molecule has 0 saturated heterocycles. The van der Waals surface area contributed by atoms with E-state index in [1.54, 1.807) is 30.9 Å². The lowest BCUT2D eigenvalue weighted by molar-refractivity contribution is -0.143. The molecule has 0 radical (unpaired) electrons. The van der Waals surface area contributed by atoms with Crippen molar-refractivity contribution in [3.63, 3.8) is 0 Å². The molecule has 0 fully saturated rings. The Bertz CT molecular complexity index is 928. The number of amides is 1. The molecule has 1 aliphatic heterocycles. The molecule has 2 aromatic carbocycles. The van der Waals surface area contributed by atoms with Gasteiger partial charge in [0.1, 0.15) is 0 Å². The minimum atomic E-state index is -0.386. The average molecular weight is 444 g/mol. The highest BCUT2D eigenvalue weighted by molar-refractivity contribution is 7.99. The van der Waals surface area contributed by atoms with Gasteiger partial charge in [-0.15, -0.1) is 11.8 Å². The molecule has 1 unspecified atom stereocenters. The van der Waals surface area contributed by atoms with Crippen LogP contribution >= 0.6 is 11.8 Å². The fourth-order valence-electron chi connectivity index (χ4n) is 3.81. The van der Waals surface area contributed by atoms with Crippen LogP contribution in [0, 0.1) is 6.92 Å². The molecule has 0 saturated carbocycles. The van der Waals surface area contributed by atoms with E-state index in [0.29, 0.717) is 30.2 Å². The van der Waals surface area contributed by atoms with E-state index in [2.05, 4.69) is 31.2 Å². The van der Waals surface area contributed by atoms with E-state index in [9.17, 15) is 9.59 Å². The minimum absolute atomic E-state index is 0.0199. The molecule has 1 heterocycles. The third-order valence-corrected chi connectivity index (χ3v) is 6.51. The number of hydrogen-bond donors (Lipinski definition) is 0. The van der Waals surface area contributed by atoms with E-state index >= 15 is 0 Å². The summed E-state index contributed by atoms with van der Waals surface area (Å²) in [4.78, 5) is 27.0. The van der Waals surface area contributed by atoms with Crippen molar-refractivity contribution in [2.24, 2.45) is 0 Å². The van der Waals surface area contributed by atoms with Gasteiger partial charge in [0, 0.05) is 12.3 Å². The topological polar surface area (TPSA) is 65.1 Å². The monoisotopic (exact) mass is 443 g/mol. The van der Waals surface area contributed by atoms with Crippen molar-refractivity contribution in [3.05, 3.63) is 58.7 Å². The summed E-state index contributed by atoms with van der Waals surface area (Å²) in [7, 11) is 4.54. The number of hydrogen-bond acceptors (Lipinski definition) is 6. The van der Waals surface area contributed by atoms with Crippen molar-refractivity contribution in [2.75, 3.05) is 33.6 Å². The van der Waals surface area contributed by atoms with Crippen LogP contribution in [0.15, 0.2) is 36.4 Å². The molecule has 31 heavy (non-hydrogen) atoms. The lowest BCUT2D eigenvalue weighted by Crippen LogP contribution is -2.42. The summed E-state index contributed by atoms with van der Waals surface area (Å²) in [5.41, 5.74) is 4.37. The molecule has 0 aromatic heterocycles. The Hall–Kier alpha value is -2.67. The summed E-state index contributed by atoms with van der Waals surface area (Å²) in [6.45, 7) is 2.61. The quantitative estimate of drug-likeness (QED) is 0.576. The standard InChI is InChI=1S/C24H29NO5S/c1-16-5-7-17(8-6-16)14-31-15-23(26)25-10-9-18-11-21(28-2)22(29-3)12-19(18)20(25)13-24(27)30-4/h5-8,11-12,20H,9-10,13-15H2,1-4H3. The van der Waals surface area contributed by atoms with Gasteiger partial charge in [-0.1, -0.05) is 29.8 Å². The highest BCUT2D eigenvalue weighted by Crippen LogP contribution is 2.39. The Morgan fingerprint density at radius 2 is 1.74 bits per heavy atom. The number of fused-ring (bicyclic) bond motifs is 1. The maximum Gasteiger partial charge on any atom is 0.307 e. The number of methoxy groups -OCH3 is 3. The molecule has 3 rings (SSSR count). The van der Waals surface area contributed by atoms with Gasteiger partial charge in [-0.2, -0.15) is 0 Å². The molecule has 166 valence electrons. The Morgan fingerprint density at radius 3 is 2.39 bits per heavy atom. The molecular formula is C24H29NO5S. The van der Waals surface area contributed by atoms with Gasteiger partial charge >= 0.3 is 5.97 Å². The highest BCUT2D eigenvalue weighted by Gasteiger charge is 2.33. The zero-order valence-corrected chi connectivity index (χ0v) is 19.3. The first-order valence-electron chi connectivity index (χ1n) is 10.2. The van der Waals surface area contributed by atoms with E-state index in [0.717, 1.165) is 16.9 Å². The Labute approximate surface area is 187 Å². The number of rotatable bonds is 8. The Kier molecular flexibility index (Phi) is 7.85. The third-order valence-electron chi connectivity index (χ3n) is 5.53. The van der Waals surface area contributed by atoms with Gasteiger partial charge in [0.15, 0.2) is 11.5 Å². The van der Waals surface area contributed by atoms with E-state index in [1.807, 2.05) is 12.1 Å². The third kappa shape index (κ3) is 5.53. The first kappa shape index (κ1) is 23.0. The van der Waals surface area contributed by atoms with Gasteiger partial charge in [-0.05, 0) is 42.2 Å². The van der Waals surface area contributed by atoms with Crippen molar-refractivity contribution in [1.82, 2.24) is 4.90 Å². The number of thioether (sulfide) groups is 1. The summed E-state index contributed by atoms with van der Waals surface area (Å²) in [6.07, 6.45) is 0.801. The number of aryl methyl sites for hydroxylation is 1. The predicted octanol–water partition coefficient (Wildman–Crippen LogP) is 3.93. The van der Waals surface area contributed by atoms with Gasteiger partial charge in [-0.3, -0.25) is 9.59 Å². The smallest absolute Gasteiger partial charge is 0.307 e. The van der Waals surface area contributed by atoms with Crippen LogP contribution in [0.1, 0.15) is 34.7 Å². The van der Waals surface area contributed by atoms with Gasteiger partial charge in [0.25, 0.3) is 0 Å². The maximum atomic E-state index is 13.1. The molecule has 1 amide bonds. The van der Waals surface area contributed by atoms with Crippen LogP contribution in [-0.2, 0) is 26.5 Å². The van der Waals surface area contributed by atoms with E-state index in [4.69, 9.17) is 14.2 Å². The van der Waals surface area contributed by atoms with Gasteiger partial charge in [0.2, 0.25) is 5.91 Å². The lowest BCUT2D eigenvalue weighted by Gasteiger charge is -2.37. The lowest BCUT2D eigenvalue weighted by atomic mass is 9.90. The van der Waals surface area contributed by atoms with Crippen molar-refractivity contribution in [2.45, 2.75) is 31.6 Å². The molecular weight excluding hydrogens is 414 g/mol. The van der Waals surface area contributed by atoms with Gasteiger partial charge in [0.05, 0.1) is 39.5 Å².